The second-order valence-electron chi connectivity index (χ2n) is 6.82. The summed E-state index contributed by atoms with van der Waals surface area (Å²) in [7, 11) is 0. The van der Waals surface area contributed by atoms with Crippen molar-refractivity contribution in [2.45, 2.75) is 11.8 Å². The summed E-state index contributed by atoms with van der Waals surface area (Å²) >= 11 is 1.64. The van der Waals surface area contributed by atoms with Crippen molar-refractivity contribution >= 4 is 35.0 Å². The van der Waals surface area contributed by atoms with Crippen molar-refractivity contribution < 1.29 is 19.4 Å². The number of hydrogen-bond acceptors (Lipinski definition) is 7. The van der Waals surface area contributed by atoms with E-state index in [1.807, 2.05) is 31.2 Å². The normalized spacial score (nSPS) is 10.8. The van der Waals surface area contributed by atoms with Gasteiger partial charge in [-0.3, -0.25) is 4.79 Å². The Morgan fingerprint density at radius 2 is 1.69 bits per heavy atom. The predicted molar refractivity (Wildman–Crippen MR) is 124 cm³/mol. The van der Waals surface area contributed by atoms with Gasteiger partial charge in [-0.05, 0) is 55.5 Å². The van der Waals surface area contributed by atoms with E-state index in [4.69, 9.17) is 4.74 Å². The van der Waals surface area contributed by atoms with Gasteiger partial charge in [0.25, 0.3) is 5.91 Å². The number of thioether (sulfide) groups is 1. The van der Waals surface area contributed by atoms with E-state index in [-0.39, 0.29) is 23.8 Å². The second-order valence-corrected chi connectivity index (χ2v) is 7.99. The third-order valence-corrected chi connectivity index (χ3v) is 5.31. The maximum absolute atomic E-state index is 12.4. The molecular weight excluding hydrogens is 426 g/mol. The zero-order valence-electron chi connectivity index (χ0n) is 17.5. The molecule has 0 heterocycles. The number of carbonyl (C=O) groups is 2. The molecule has 0 aliphatic rings. The first-order chi connectivity index (χ1) is 15.5. The minimum Gasteiger partial charge on any atom is -0.508 e. The molecule has 0 saturated heterocycles. The van der Waals surface area contributed by atoms with E-state index in [9.17, 15) is 14.7 Å². The SMILES string of the molecule is Cc1ccc(SCCNC(=O)COC(=O)c2ccccc2N=Nc2ccc(O)cc2)cc1. The number of nitrogens with zero attached hydrogens (tertiary/aromatic N) is 2. The molecule has 32 heavy (non-hydrogen) atoms. The van der Waals surface area contributed by atoms with E-state index in [2.05, 4.69) is 15.5 Å². The van der Waals surface area contributed by atoms with Crippen molar-refractivity contribution in [2.24, 2.45) is 10.2 Å². The van der Waals surface area contributed by atoms with Gasteiger partial charge in [0.05, 0.1) is 11.3 Å². The van der Waals surface area contributed by atoms with Crippen LogP contribution in [-0.2, 0) is 9.53 Å². The third-order valence-electron chi connectivity index (χ3n) is 4.30. The molecule has 8 heteroatoms. The quantitative estimate of drug-likeness (QED) is 0.203. The second kappa shape index (κ2) is 11.7. The summed E-state index contributed by atoms with van der Waals surface area (Å²) in [4.78, 5) is 25.6. The number of esters is 1. The Hall–Kier alpha value is -3.65. The number of carbonyl (C=O) groups excluding carboxylic acids is 2. The van der Waals surface area contributed by atoms with Crippen LogP contribution in [0.4, 0.5) is 11.4 Å². The van der Waals surface area contributed by atoms with Gasteiger partial charge in [0.15, 0.2) is 6.61 Å². The van der Waals surface area contributed by atoms with E-state index in [1.165, 1.54) is 17.7 Å². The van der Waals surface area contributed by atoms with Crippen LogP contribution >= 0.6 is 11.8 Å². The van der Waals surface area contributed by atoms with Crippen molar-refractivity contribution in [2.75, 3.05) is 18.9 Å². The minimum absolute atomic E-state index is 0.125. The molecule has 7 nitrogen and oxygen atoms in total. The summed E-state index contributed by atoms with van der Waals surface area (Å²) in [5, 5.41) is 20.2. The summed E-state index contributed by atoms with van der Waals surface area (Å²) in [6.45, 7) is 2.12. The average molecular weight is 450 g/mol. The Kier molecular flexibility index (Phi) is 8.39. The molecule has 3 rings (SSSR count). The maximum Gasteiger partial charge on any atom is 0.340 e. The highest BCUT2D eigenvalue weighted by atomic mass is 32.2. The number of hydrogen-bond donors (Lipinski definition) is 2. The number of benzene rings is 3. The third kappa shape index (κ3) is 7.24. The lowest BCUT2D eigenvalue weighted by Crippen LogP contribution is -2.30. The Balaban J connectivity index is 1.46. The highest BCUT2D eigenvalue weighted by Gasteiger charge is 2.14. The molecule has 0 aliphatic carbocycles. The number of phenolic OH excluding ortho intramolecular Hbond substituents is 1. The lowest BCUT2D eigenvalue weighted by molar-refractivity contribution is -0.124. The van der Waals surface area contributed by atoms with Crippen LogP contribution in [0.5, 0.6) is 5.75 Å². The zero-order valence-corrected chi connectivity index (χ0v) is 18.3. The van der Waals surface area contributed by atoms with E-state index in [1.54, 1.807) is 48.2 Å². The smallest absolute Gasteiger partial charge is 0.340 e. The van der Waals surface area contributed by atoms with Gasteiger partial charge in [-0.2, -0.15) is 5.11 Å². The van der Waals surface area contributed by atoms with Crippen LogP contribution in [0.2, 0.25) is 0 Å². The first-order valence-electron chi connectivity index (χ1n) is 9.94. The van der Waals surface area contributed by atoms with Crippen molar-refractivity contribution in [3.8, 4) is 5.75 Å². The molecule has 2 N–H and O–H groups in total. The standard InChI is InChI=1S/C24H23N3O4S/c1-17-6-12-20(13-7-17)32-15-14-25-23(29)16-31-24(30)21-4-2-3-5-22(21)27-26-18-8-10-19(28)11-9-18/h2-13,28H,14-16H2,1H3,(H,25,29). The highest BCUT2D eigenvalue weighted by Crippen LogP contribution is 2.24. The van der Waals surface area contributed by atoms with Gasteiger partial charge in [-0.25, -0.2) is 4.79 Å². The summed E-state index contributed by atoms with van der Waals surface area (Å²) < 4.78 is 5.13. The number of rotatable bonds is 9. The molecule has 0 fully saturated rings. The van der Waals surface area contributed by atoms with Gasteiger partial charge in [-0.1, -0.05) is 29.8 Å². The maximum atomic E-state index is 12.4. The van der Waals surface area contributed by atoms with Crippen LogP contribution < -0.4 is 5.32 Å². The molecule has 0 spiro atoms. The molecule has 0 aliphatic heterocycles. The summed E-state index contributed by atoms with van der Waals surface area (Å²) in [5.41, 5.74) is 2.25. The van der Waals surface area contributed by atoms with Crippen LogP contribution in [0.3, 0.4) is 0 Å². The molecule has 0 bridgehead atoms. The molecule has 0 unspecified atom stereocenters. The molecule has 3 aromatic carbocycles. The monoisotopic (exact) mass is 449 g/mol. The molecule has 1 amide bonds. The van der Waals surface area contributed by atoms with Crippen LogP contribution in [0.25, 0.3) is 0 Å². The Bertz CT molecular complexity index is 1080. The first kappa shape index (κ1) is 23.0. The lowest BCUT2D eigenvalue weighted by atomic mass is 10.2. The average Bonchev–Trinajstić information content (AvgIpc) is 2.81. The van der Waals surface area contributed by atoms with Gasteiger partial charge in [-0.15, -0.1) is 16.9 Å². The number of amides is 1. The summed E-state index contributed by atoms with van der Waals surface area (Å²) in [6, 6.07) is 20.9. The van der Waals surface area contributed by atoms with E-state index in [0.29, 0.717) is 23.7 Å². The molecule has 3 aromatic rings. The van der Waals surface area contributed by atoms with Crippen LogP contribution in [0, 0.1) is 6.92 Å². The fraction of sp³-hybridized carbons (Fsp3) is 0.167. The van der Waals surface area contributed by atoms with E-state index >= 15 is 0 Å². The predicted octanol–water partition coefficient (Wildman–Crippen LogP) is 5.18. The number of phenols is 1. The fourth-order valence-electron chi connectivity index (χ4n) is 2.62. The van der Waals surface area contributed by atoms with Gasteiger partial charge in [0.2, 0.25) is 0 Å². The fourth-order valence-corrected chi connectivity index (χ4v) is 3.39. The van der Waals surface area contributed by atoms with E-state index in [0.717, 1.165) is 4.90 Å². The van der Waals surface area contributed by atoms with Crippen molar-refractivity contribution in [1.82, 2.24) is 5.32 Å². The lowest BCUT2D eigenvalue weighted by Gasteiger charge is -2.08. The van der Waals surface area contributed by atoms with Crippen LogP contribution in [0.1, 0.15) is 15.9 Å². The van der Waals surface area contributed by atoms with Crippen molar-refractivity contribution in [1.29, 1.82) is 0 Å². The first-order valence-corrected chi connectivity index (χ1v) is 10.9. The Labute approximate surface area is 190 Å². The molecule has 0 aromatic heterocycles. The van der Waals surface area contributed by atoms with Gasteiger partial charge in [0.1, 0.15) is 11.4 Å². The number of aromatic hydroxyl groups is 1. The zero-order chi connectivity index (χ0) is 22.8. The highest BCUT2D eigenvalue weighted by molar-refractivity contribution is 7.99. The Morgan fingerprint density at radius 1 is 0.969 bits per heavy atom. The van der Waals surface area contributed by atoms with E-state index < -0.39 is 5.97 Å². The number of nitrogens with one attached hydrogen (secondary N) is 1. The van der Waals surface area contributed by atoms with Crippen LogP contribution in [-0.4, -0.2) is 35.9 Å². The minimum atomic E-state index is -0.658. The molecule has 0 radical (unpaired) electrons. The number of aryl methyl sites for hydroxylation is 1. The number of ether oxygens (including phenoxy) is 1. The molecule has 0 atom stereocenters. The summed E-state index contributed by atoms with van der Waals surface area (Å²) in [5.74, 6) is -0.191. The largest absolute Gasteiger partial charge is 0.508 e. The van der Waals surface area contributed by atoms with Crippen LogP contribution in [0.15, 0.2) is 87.9 Å². The van der Waals surface area contributed by atoms with Gasteiger partial charge >= 0.3 is 5.97 Å². The summed E-state index contributed by atoms with van der Waals surface area (Å²) in [6.07, 6.45) is 0. The van der Waals surface area contributed by atoms with Gasteiger partial charge < -0.3 is 15.2 Å². The topological polar surface area (TPSA) is 100 Å². The van der Waals surface area contributed by atoms with Crippen molar-refractivity contribution in [3.63, 3.8) is 0 Å². The van der Waals surface area contributed by atoms with Gasteiger partial charge in [0, 0.05) is 17.2 Å². The molecule has 164 valence electrons. The molecule has 0 saturated carbocycles. The molecular formula is C24H23N3O4S. The number of azo groups is 1. The van der Waals surface area contributed by atoms with Crippen molar-refractivity contribution in [3.05, 3.63) is 83.9 Å². The Morgan fingerprint density at radius 3 is 2.44 bits per heavy atom.